The van der Waals surface area contributed by atoms with E-state index in [4.69, 9.17) is 0 Å². The molecule has 0 aromatic heterocycles. The van der Waals surface area contributed by atoms with Crippen LogP contribution in [0.3, 0.4) is 0 Å². The fraction of sp³-hybridized carbons (Fsp3) is 0.571. The molecule has 0 spiro atoms. The van der Waals surface area contributed by atoms with E-state index in [9.17, 15) is 19.6 Å². The van der Waals surface area contributed by atoms with E-state index in [-0.39, 0.29) is 29.8 Å². The summed E-state index contributed by atoms with van der Waals surface area (Å²) in [6.45, 7) is 0.660. The largest absolute Gasteiger partial charge is 0.396 e. The van der Waals surface area contributed by atoms with Crippen LogP contribution >= 0.6 is 0 Å². The molecular weight excluding hydrogens is 263 g/mol. The fourth-order valence-electron chi connectivity index (χ4n) is 2.84. The van der Waals surface area contributed by atoms with Gasteiger partial charge in [0, 0.05) is 25.3 Å². The predicted molar refractivity (Wildman–Crippen MR) is 74.1 cm³/mol. The summed E-state index contributed by atoms with van der Waals surface area (Å²) >= 11 is 0. The Morgan fingerprint density at radius 3 is 2.70 bits per heavy atom. The van der Waals surface area contributed by atoms with E-state index in [1.54, 1.807) is 0 Å². The minimum Gasteiger partial charge on any atom is -0.396 e. The number of nitro benzene ring substituents is 1. The summed E-state index contributed by atoms with van der Waals surface area (Å²) in [5.74, 6) is 0.000870. The SMILES string of the molecule is O=[N+]([O-])c1ccc(F)cc1NCC1CCCCC1CO. The lowest BCUT2D eigenvalue weighted by atomic mass is 9.79. The summed E-state index contributed by atoms with van der Waals surface area (Å²) in [5.41, 5.74) is 0.0834. The molecule has 2 atom stereocenters. The van der Waals surface area contributed by atoms with Gasteiger partial charge in [0.05, 0.1) is 4.92 Å². The minimum absolute atomic E-state index is 0.122. The van der Waals surface area contributed by atoms with Crippen LogP contribution in [0.5, 0.6) is 0 Å². The number of halogens is 1. The van der Waals surface area contributed by atoms with Crippen molar-refractivity contribution in [2.75, 3.05) is 18.5 Å². The third-order valence-corrected chi connectivity index (χ3v) is 4.01. The molecule has 20 heavy (non-hydrogen) atoms. The van der Waals surface area contributed by atoms with Gasteiger partial charge in [-0.15, -0.1) is 0 Å². The zero-order valence-electron chi connectivity index (χ0n) is 11.2. The van der Waals surface area contributed by atoms with Crippen molar-refractivity contribution in [2.45, 2.75) is 25.7 Å². The molecule has 110 valence electrons. The first-order valence-electron chi connectivity index (χ1n) is 6.90. The highest BCUT2D eigenvalue weighted by molar-refractivity contribution is 5.61. The summed E-state index contributed by atoms with van der Waals surface area (Å²) < 4.78 is 13.2. The number of nitrogens with zero attached hydrogens (tertiary/aromatic N) is 1. The maximum Gasteiger partial charge on any atom is 0.292 e. The van der Waals surface area contributed by atoms with E-state index in [2.05, 4.69) is 5.32 Å². The first-order valence-corrected chi connectivity index (χ1v) is 6.90. The van der Waals surface area contributed by atoms with Gasteiger partial charge in [0.1, 0.15) is 11.5 Å². The zero-order valence-corrected chi connectivity index (χ0v) is 11.2. The maximum absolute atomic E-state index is 13.2. The van der Waals surface area contributed by atoms with Crippen LogP contribution in [-0.2, 0) is 0 Å². The number of hydrogen-bond acceptors (Lipinski definition) is 4. The monoisotopic (exact) mass is 282 g/mol. The fourth-order valence-corrected chi connectivity index (χ4v) is 2.84. The van der Waals surface area contributed by atoms with Crippen LogP contribution in [0.1, 0.15) is 25.7 Å². The maximum atomic E-state index is 13.2. The summed E-state index contributed by atoms with van der Waals surface area (Å²) in [5, 5.41) is 23.2. The predicted octanol–water partition coefficient (Wildman–Crippen LogP) is 2.94. The molecule has 1 aliphatic carbocycles. The van der Waals surface area contributed by atoms with Crippen LogP contribution in [0.4, 0.5) is 15.8 Å². The van der Waals surface area contributed by atoms with Crippen LogP contribution in [0.15, 0.2) is 18.2 Å². The number of benzene rings is 1. The smallest absolute Gasteiger partial charge is 0.292 e. The molecule has 6 heteroatoms. The highest BCUT2D eigenvalue weighted by atomic mass is 19.1. The van der Waals surface area contributed by atoms with Gasteiger partial charge in [-0.05, 0) is 30.7 Å². The second-order valence-corrected chi connectivity index (χ2v) is 5.29. The molecule has 1 saturated carbocycles. The Balaban J connectivity index is 2.06. The van der Waals surface area contributed by atoms with E-state index < -0.39 is 10.7 Å². The Kier molecular flexibility index (Phi) is 4.89. The molecule has 1 aliphatic rings. The molecule has 0 bridgehead atoms. The highest BCUT2D eigenvalue weighted by Crippen LogP contribution is 2.31. The Morgan fingerprint density at radius 2 is 2.05 bits per heavy atom. The molecule has 0 saturated heterocycles. The molecule has 1 aromatic carbocycles. The van der Waals surface area contributed by atoms with Gasteiger partial charge >= 0.3 is 0 Å². The zero-order chi connectivity index (χ0) is 14.5. The lowest BCUT2D eigenvalue weighted by Crippen LogP contribution is -2.28. The standard InChI is InChI=1S/C14H19FN2O3/c15-12-5-6-14(17(19)20)13(7-12)16-8-10-3-1-2-4-11(10)9-18/h5-7,10-11,16,18H,1-4,8-9H2. The molecule has 2 unspecified atom stereocenters. The van der Waals surface area contributed by atoms with Gasteiger partial charge in [0.25, 0.3) is 5.69 Å². The average molecular weight is 282 g/mol. The molecule has 0 radical (unpaired) electrons. The number of nitro groups is 1. The highest BCUT2D eigenvalue weighted by Gasteiger charge is 2.25. The van der Waals surface area contributed by atoms with Crippen LogP contribution in [0, 0.1) is 27.8 Å². The van der Waals surface area contributed by atoms with Crippen molar-refractivity contribution in [1.82, 2.24) is 0 Å². The van der Waals surface area contributed by atoms with Gasteiger partial charge in [0.15, 0.2) is 0 Å². The number of rotatable bonds is 5. The summed E-state index contributed by atoms with van der Waals surface area (Å²) in [6, 6.07) is 3.40. The van der Waals surface area contributed by atoms with Crippen molar-refractivity contribution in [3.63, 3.8) is 0 Å². The average Bonchev–Trinajstić information content (AvgIpc) is 2.45. The first-order chi connectivity index (χ1) is 9.61. The van der Waals surface area contributed by atoms with Gasteiger partial charge in [-0.1, -0.05) is 12.8 Å². The number of aliphatic hydroxyl groups excluding tert-OH is 1. The van der Waals surface area contributed by atoms with Crippen molar-refractivity contribution in [1.29, 1.82) is 0 Å². The molecule has 1 aromatic rings. The second kappa shape index (κ2) is 6.65. The molecule has 1 fully saturated rings. The van der Waals surface area contributed by atoms with Crippen LogP contribution in [0.25, 0.3) is 0 Å². The molecule has 2 rings (SSSR count). The molecule has 5 nitrogen and oxygen atoms in total. The van der Waals surface area contributed by atoms with E-state index in [1.807, 2.05) is 0 Å². The minimum atomic E-state index is -0.522. The van der Waals surface area contributed by atoms with E-state index in [1.165, 1.54) is 6.07 Å². The van der Waals surface area contributed by atoms with Gasteiger partial charge in [0.2, 0.25) is 0 Å². The number of anilines is 1. The summed E-state index contributed by atoms with van der Waals surface area (Å²) in [7, 11) is 0. The Labute approximate surface area is 117 Å². The molecule has 2 N–H and O–H groups in total. The quantitative estimate of drug-likeness (QED) is 0.643. The van der Waals surface area contributed by atoms with E-state index >= 15 is 0 Å². The van der Waals surface area contributed by atoms with Gasteiger partial charge in [-0.2, -0.15) is 0 Å². The van der Waals surface area contributed by atoms with Gasteiger partial charge < -0.3 is 10.4 Å². The van der Waals surface area contributed by atoms with Crippen molar-refractivity contribution in [2.24, 2.45) is 11.8 Å². The normalized spacial score (nSPS) is 22.5. The van der Waals surface area contributed by atoms with Crippen molar-refractivity contribution in [3.8, 4) is 0 Å². The van der Waals surface area contributed by atoms with Crippen molar-refractivity contribution in [3.05, 3.63) is 34.1 Å². The van der Waals surface area contributed by atoms with Gasteiger partial charge in [-0.3, -0.25) is 10.1 Å². The third-order valence-electron chi connectivity index (χ3n) is 4.01. The van der Waals surface area contributed by atoms with Crippen LogP contribution < -0.4 is 5.32 Å². The van der Waals surface area contributed by atoms with Crippen LogP contribution in [0.2, 0.25) is 0 Å². The van der Waals surface area contributed by atoms with Crippen molar-refractivity contribution < 1.29 is 14.4 Å². The van der Waals surface area contributed by atoms with Crippen molar-refractivity contribution >= 4 is 11.4 Å². The summed E-state index contributed by atoms with van der Waals surface area (Å²) in [6.07, 6.45) is 4.19. The Hall–Kier alpha value is -1.69. The lowest BCUT2D eigenvalue weighted by molar-refractivity contribution is -0.384. The van der Waals surface area contributed by atoms with Gasteiger partial charge in [-0.25, -0.2) is 4.39 Å². The summed E-state index contributed by atoms with van der Waals surface area (Å²) in [4.78, 5) is 10.4. The van der Waals surface area contributed by atoms with E-state index in [0.29, 0.717) is 6.54 Å². The second-order valence-electron chi connectivity index (χ2n) is 5.29. The topological polar surface area (TPSA) is 75.4 Å². The Bertz CT molecular complexity index is 481. The number of hydrogen-bond donors (Lipinski definition) is 2. The van der Waals surface area contributed by atoms with E-state index in [0.717, 1.165) is 37.8 Å². The Morgan fingerprint density at radius 1 is 1.35 bits per heavy atom. The lowest BCUT2D eigenvalue weighted by Gasteiger charge is -2.30. The molecule has 0 aliphatic heterocycles. The number of nitrogens with one attached hydrogen (secondary N) is 1. The molecule has 0 heterocycles. The molecular formula is C14H19FN2O3. The third kappa shape index (κ3) is 3.45. The molecule has 0 amide bonds. The number of aliphatic hydroxyl groups is 1. The first kappa shape index (κ1) is 14.7. The van der Waals surface area contributed by atoms with Crippen LogP contribution in [-0.4, -0.2) is 23.2 Å².